The van der Waals surface area contributed by atoms with Gasteiger partial charge in [-0.2, -0.15) is 0 Å². The highest BCUT2D eigenvalue weighted by Crippen LogP contribution is 2.30. The first-order chi connectivity index (χ1) is 11.6. The zero-order valence-electron chi connectivity index (χ0n) is 15.3. The molecule has 0 saturated carbocycles. The zero-order valence-corrected chi connectivity index (χ0v) is 15.3. The Kier molecular flexibility index (Phi) is 11.2. The molecule has 0 aromatic rings. The van der Waals surface area contributed by atoms with Gasteiger partial charge in [0.15, 0.2) is 0 Å². The molecule has 1 fully saturated rings. The summed E-state index contributed by atoms with van der Waals surface area (Å²) >= 11 is 0. The number of carbonyl (C=O) groups is 1. The van der Waals surface area contributed by atoms with Gasteiger partial charge in [0.25, 0.3) is 0 Å². The number of hydrogen-bond donors (Lipinski definition) is 1. The number of hydrogen-bond acceptors (Lipinski definition) is 2. The molecule has 24 heavy (non-hydrogen) atoms. The third-order valence-electron chi connectivity index (χ3n) is 4.38. The van der Waals surface area contributed by atoms with Gasteiger partial charge in [0.2, 0.25) is 0 Å². The van der Waals surface area contributed by atoms with Crippen molar-refractivity contribution in [2.24, 2.45) is 5.92 Å². The lowest BCUT2D eigenvalue weighted by Crippen LogP contribution is -2.08. The Morgan fingerprint density at radius 2 is 1.71 bits per heavy atom. The summed E-state index contributed by atoms with van der Waals surface area (Å²) in [7, 11) is 0. The third kappa shape index (κ3) is 10.4. The maximum absolute atomic E-state index is 10.7. The van der Waals surface area contributed by atoms with Crippen LogP contribution < -0.4 is 0 Å². The van der Waals surface area contributed by atoms with Crippen molar-refractivity contribution in [1.82, 2.24) is 0 Å². The Morgan fingerprint density at radius 1 is 1.04 bits per heavy atom. The maximum atomic E-state index is 10.7. The van der Waals surface area contributed by atoms with Crippen LogP contribution in [0.5, 0.6) is 0 Å². The van der Waals surface area contributed by atoms with Crippen molar-refractivity contribution in [2.45, 2.75) is 83.8 Å². The lowest BCUT2D eigenvalue weighted by atomic mass is 10.1. The molecule has 0 bridgehead atoms. The normalized spacial score (nSPS) is 21.9. The summed E-state index contributed by atoms with van der Waals surface area (Å²) in [6.07, 6.45) is 23.5. The Morgan fingerprint density at radius 3 is 2.38 bits per heavy atom. The summed E-state index contributed by atoms with van der Waals surface area (Å²) in [6, 6.07) is 0. The largest absolute Gasteiger partial charge is 0.481 e. The molecule has 1 unspecified atom stereocenters. The summed E-state index contributed by atoms with van der Waals surface area (Å²) in [5.74, 6) is -0.962. The molecule has 136 valence electrons. The van der Waals surface area contributed by atoms with Crippen molar-refractivity contribution in [3.05, 3.63) is 36.5 Å². The molecule has 1 rings (SSSR count). The highest BCUT2D eigenvalue weighted by atomic mass is 16.6. The van der Waals surface area contributed by atoms with Crippen molar-refractivity contribution in [3.8, 4) is 0 Å². The van der Waals surface area contributed by atoms with E-state index in [-0.39, 0.29) is 5.92 Å². The monoisotopic (exact) mass is 334 g/mol. The van der Waals surface area contributed by atoms with E-state index in [0.717, 1.165) is 25.7 Å². The van der Waals surface area contributed by atoms with Gasteiger partial charge in [-0.15, -0.1) is 0 Å². The van der Waals surface area contributed by atoms with Crippen molar-refractivity contribution in [1.29, 1.82) is 0 Å². The van der Waals surface area contributed by atoms with Crippen molar-refractivity contribution < 1.29 is 14.6 Å². The molecule has 0 radical (unpaired) electrons. The van der Waals surface area contributed by atoms with E-state index in [4.69, 9.17) is 9.84 Å². The molecule has 3 heteroatoms. The van der Waals surface area contributed by atoms with Gasteiger partial charge in [-0.1, -0.05) is 69.6 Å². The lowest BCUT2D eigenvalue weighted by Gasteiger charge is -2.01. The highest BCUT2D eigenvalue weighted by molar-refractivity contribution is 5.69. The maximum Gasteiger partial charge on any atom is 0.306 e. The van der Waals surface area contributed by atoms with Crippen LogP contribution in [0.25, 0.3) is 0 Å². The second kappa shape index (κ2) is 13.0. The first-order valence-corrected chi connectivity index (χ1v) is 9.48. The van der Waals surface area contributed by atoms with Gasteiger partial charge in [0.05, 0.1) is 18.1 Å². The average Bonchev–Trinajstić information content (AvgIpc) is 3.30. The third-order valence-corrected chi connectivity index (χ3v) is 4.38. The fourth-order valence-corrected chi connectivity index (χ4v) is 2.60. The molecule has 3 atom stereocenters. The van der Waals surface area contributed by atoms with Crippen LogP contribution >= 0.6 is 0 Å². The standard InChI is InChI=1S/C21H34O3/c1-3-4-12-16-19-20(24-19)17-14-11-9-7-5-6-8-10-13-15-18(2)21(22)23/h5,7-8,10-11,14,18-20H,3-4,6,9,12-13,15-17H2,1-2H3,(H,22,23)/t18?,19-,20+/m1/s1. The molecule has 0 aliphatic carbocycles. The van der Waals surface area contributed by atoms with Crippen LogP contribution in [0.15, 0.2) is 36.5 Å². The van der Waals surface area contributed by atoms with E-state index < -0.39 is 5.97 Å². The minimum atomic E-state index is -0.709. The summed E-state index contributed by atoms with van der Waals surface area (Å²) in [6.45, 7) is 3.99. The minimum absolute atomic E-state index is 0.253. The van der Waals surface area contributed by atoms with Gasteiger partial charge in [-0.05, 0) is 38.5 Å². The molecule has 1 heterocycles. The summed E-state index contributed by atoms with van der Waals surface area (Å²) in [4.78, 5) is 10.7. The first-order valence-electron chi connectivity index (χ1n) is 9.48. The number of unbranched alkanes of at least 4 members (excludes halogenated alkanes) is 2. The number of aliphatic carboxylic acids is 1. The van der Waals surface area contributed by atoms with Gasteiger partial charge in [-0.25, -0.2) is 0 Å². The van der Waals surface area contributed by atoms with E-state index in [0.29, 0.717) is 18.6 Å². The lowest BCUT2D eigenvalue weighted by molar-refractivity contribution is -0.141. The zero-order chi connectivity index (χ0) is 17.6. The van der Waals surface area contributed by atoms with E-state index >= 15 is 0 Å². The van der Waals surface area contributed by atoms with E-state index in [1.54, 1.807) is 6.92 Å². The molecule has 1 aliphatic heterocycles. The van der Waals surface area contributed by atoms with E-state index in [1.165, 1.54) is 25.7 Å². The Balaban J connectivity index is 1.94. The number of ether oxygens (including phenoxy) is 1. The number of epoxide rings is 1. The van der Waals surface area contributed by atoms with Gasteiger partial charge in [-0.3, -0.25) is 4.79 Å². The van der Waals surface area contributed by atoms with Gasteiger partial charge < -0.3 is 9.84 Å². The number of carboxylic acid groups (broad SMARTS) is 1. The smallest absolute Gasteiger partial charge is 0.306 e. The Hall–Kier alpha value is -1.35. The number of carboxylic acids is 1. The molecule has 3 nitrogen and oxygen atoms in total. The van der Waals surface area contributed by atoms with Crippen LogP contribution in [0, 0.1) is 5.92 Å². The summed E-state index contributed by atoms with van der Waals surface area (Å²) < 4.78 is 5.66. The molecule has 0 spiro atoms. The molecule has 1 aliphatic rings. The second-order valence-electron chi connectivity index (χ2n) is 6.65. The average molecular weight is 335 g/mol. The van der Waals surface area contributed by atoms with E-state index in [9.17, 15) is 4.79 Å². The molecule has 0 aromatic carbocycles. The Bertz CT molecular complexity index is 423. The van der Waals surface area contributed by atoms with Crippen molar-refractivity contribution in [2.75, 3.05) is 0 Å². The molecule has 1 saturated heterocycles. The fraction of sp³-hybridized carbons (Fsp3) is 0.667. The second-order valence-corrected chi connectivity index (χ2v) is 6.65. The molecular weight excluding hydrogens is 300 g/mol. The number of rotatable bonds is 14. The Labute approximate surface area is 147 Å². The number of allylic oxidation sites excluding steroid dienone is 5. The van der Waals surface area contributed by atoms with Crippen LogP contribution in [0.2, 0.25) is 0 Å². The van der Waals surface area contributed by atoms with Gasteiger partial charge >= 0.3 is 5.97 Å². The summed E-state index contributed by atoms with van der Waals surface area (Å²) in [5, 5.41) is 8.78. The van der Waals surface area contributed by atoms with Crippen molar-refractivity contribution >= 4 is 5.97 Å². The fourth-order valence-electron chi connectivity index (χ4n) is 2.60. The van der Waals surface area contributed by atoms with Gasteiger partial charge in [0, 0.05) is 0 Å². The van der Waals surface area contributed by atoms with Crippen LogP contribution in [0.1, 0.15) is 71.6 Å². The molecule has 0 amide bonds. The SMILES string of the molecule is CCCCC[C@H]1O[C@H]1CC=CCC=CCC=CCCC(C)C(=O)O. The molecule has 0 aromatic heterocycles. The van der Waals surface area contributed by atoms with E-state index in [2.05, 4.69) is 43.4 Å². The summed E-state index contributed by atoms with van der Waals surface area (Å²) in [5.41, 5.74) is 0. The first kappa shape index (κ1) is 20.7. The van der Waals surface area contributed by atoms with Crippen LogP contribution in [-0.2, 0) is 9.53 Å². The van der Waals surface area contributed by atoms with Crippen LogP contribution in [-0.4, -0.2) is 23.3 Å². The quantitative estimate of drug-likeness (QED) is 0.253. The van der Waals surface area contributed by atoms with Gasteiger partial charge in [0.1, 0.15) is 0 Å². The van der Waals surface area contributed by atoms with E-state index in [1.807, 2.05) is 0 Å². The van der Waals surface area contributed by atoms with Crippen LogP contribution in [0.4, 0.5) is 0 Å². The van der Waals surface area contributed by atoms with Crippen molar-refractivity contribution in [3.63, 3.8) is 0 Å². The highest BCUT2D eigenvalue weighted by Gasteiger charge is 2.36. The topological polar surface area (TPSA) is 49.8 Å². The molecule has 1 N–H and O–H groups in total. The molecular formula is C21H34O3. The predicted octanol–water partition coefficient (Wildman–Crippen LogP) is 5.67. The van der Waals surface area contributed by atoms with Crippen LogP contribution in [0.3, 0.4) is 0 Å². The minimum Gasteiger partial charge on any atom is -0.481 e. The predicted molar refractivity (Wildman–Crippen MR) is 100 cm³/mol.